The van der Waals surface area contributed by atoms with E-state index in [0.717, 1.165) is 12.1 Å². The molecule has 0 aliphatic rings. The maximum absolute atomic E-state index is 11.0. The summed E-state index contributed by atoms with van der Waals surface area (Å²) in [6.07, 6.45) is 3.69. The van der Waals surface area contributed by atoms with Crippen LogP contribution >= 0.6 is 0 Å². The Balaban J connectivity index is 1.98. The van der Waals surface area contributed by atoms with Crippen LogP contribution in [-0.4, -0.2) is 10.9 Å². The number of carbonyl (C=O) groups excluding carboxylic acids is 1. The molecule has 1 atom stereocenters. The lowest BCUT2D eigenvalue weighted by molar-refractivity contribution is 0.100. The molecule has 0 spiro atoms. The maximum Gasteiger partial charge on any atom is 0.248 e. The number of nitrogens with one attached hydrogen (secondary N) is 1. The first-order valence-corrected chi connectivity index (χ1v) is 6.60. The van der Waals surface area contributed by atoms with Gasteiger partial charge in [-0.2, -0.15) is 0 Å². The van der Waals surface area contributed by atoms with Gasteiger partial charge in [0, 0.05) is 30.5 Å². The fourth-order valence-corrected chi connectivity index (χ4v) is 2.10. The largest absolute Gasteiger partial charge is 0.366 e. The number of amides is 1. The van der Waals surface area contributed by atoms with Crippen molar-refractivity contribution in [1.29, 1.82) is 0 Å². The first-order chi connectivity index (χ1) is 9.58. The number of carbonyl (C=O) groups is 1. The van der Waals surface area contributed by atoms with Crippen LogP contribution in [0.5, 0.6) is 0 Å². The Morgan fingerprint density at radius 1 is 1.30 bits per heavy atom. The standard InChI is InChI=1S/C16H19N3O/c1-11-7-8-18-10-15(11)12(2)19-9-13-3-5-14(6-4-13)16(17)20/h3-8,10,12,19H,9H2,1-2H3,(H2,17,20). The molecule has 0 fully saturated rings. The van der Waals surface area contributed by atoms with Gasteiger partial charge in [0.1, 0.15) is 0 Å². The molecular formula is C16H19N3O. The molecule has 4 heteroatoms. The zero-order valence-electron chi connectivity index (χ0n) is 11.8. The number of hydrogen-bond acceptors (Lipinski definition) is 3. The van der Waals surface area contributed by atoms with Gasteiger partial charge in [0.15, 0.2) is 0 Å². The Morgan fingerprint density at radius 2 is 2.00 bits per heavy atom. The van der Waals surface area contributed by atoms with E-state index < -0.39 is 5.91 Å². The van der Waals surface area contributed by atoms with E-state index in [1.807, 2.05) is 24.4 Å². The number of hydrogen-bond donors (Lipinski definition) is 2. The van der Waals surface area contributed by atoms with E-state index in [4.69, 9.17) is 5.73 Å². The van der Waals surface area contributed by atoms with E-state index >= 15 is 0 Å². The third-order valence-corrected chi connectivity index (χ3v) is 3.40. The van der Waals surface area contributed by atoms with Crippen LogP contribution < -0.4 is 11.1 Å². The summed E-state index contributed by atoms with van der Waals surface area (Å²) in [5.41, 5.74) is 9.29. The molecule has 0 radical (unpaired) electrons. The van der Waals surface area contributed by atoms with Crippen LogP contribution in [0.25, 0.3) is 0 Å². The van der Waals surface area contributed by atoms with Gasteiger partial charge in [0.25, 0.3) is 0 Å². The average Bonchev–Trinajstić information content (AvgIpc) is 2.45. The van der Waals surface area contributed by atoms with Crippen molar-refractivity contribution < 1.29 is 4.79 Å². The Hall–Kier alpha value is -2.20. The quantitative estimate of drug-likeness (QED) is 0.875. The summed E-state index contributed by atoms with van der Waals surface area (Å²) in [5.74, 6) is -0.399. The molecule has 0 saturated heterocycles. The van der Waals surface area contributed by atoms with Gasteiger partial charge >= 0.3 is 0 Å². The molecule has 3 N–H and O–H groups in total. The van der Waals surface area contributed by atoms with Crippen LogP contribution in [0.3, 0.4) is 0 Å². The van der Waals surface area contributed by atoms with Crippen molar-refractivity contribution in [3.05, 3.63) is 65.0 Å². The summed E-state index contributed by atoms with van der Waals surface area (Å²) in [7, 11) is 0. The molecule has 0 bridgehead atoms. The lowest BCUT2D eigenvalue weighted by Crippen LogP contribution is -2.19. The van der Waals surface area contributed by atoms with E-state index in [1.165, 1.54) is 11.1 Å². The number of nitrogens with zero attached hydrogens (tertiary/aromatic N) is 1. The summed E-state index contributed by atoms with van der Waals surface area (Å²) >= 11 is 0. The summed E-state index contributed by atoms with van der Waals surface area (Å²) in [6, 6.07) is 9.55. The first-order valence-electron chi connectivity index (χ1n) is 6.60. The third kappa shape index (κ3) is 3.42. The number of primary amides is 1. The molecule has 0 aliphatic carbocycles. The van der Waals surface area contributed by atoms with Crippen LogP contribution in [-0.2, 0) is 6.54 Å². The minimum atomic E-state index is -0.399. The zero-order chi connectivity index (χ0) is 14.5. The molecule has 0 aliphatic heterocycles. The topological polar surface area (TPSA) is 68.0 Å². The molecule has 2 aromatic rings. The molecule has 1 amide bonds. The lowest BCUT2D eigenvalue weighted by Gasteiger charge is -2.16. The number of aryl methyl sites for hydroxylation is 1. The van der Waals surface area contributed by atoms with Gasteiger partial charge in [0.05, 0.1) is 0 Å². The minimum Gasteiger partial charge on any atom is -0.366 e. The van der Waals surface area contributed by atoms with Crippen molar-refractivity contribution in [3.63, 3.8) is 0 Å². The van der Waals surface area contributed by atoms with Crippen LogP contribution in [0.2, 0.25) is 0 Å². The van der Waals surface area contributed by atoms with Crippen molar-refractivity contribution in [3.8, 4) is 0 Å². The maximum atomic E-state index is 11.0. The van der Waals surface area contributed by atoms with Gasteiger partial charge in [-0.1, -0.05) is 12.1 Å². The van der Waals surface area contributed by atoms with Crippen molar-refractivity contribution in [2.24, 2.45) is 5.73 Å². The van der Waals surface area contributed by atoms with Crippen molar-refractivity contribution in [1.82, 2.24) is 10.3 Å². The van der Waals surface area contributed by atoms with Crippen molar-refractivity contribution in [2.45, 2.75) is 26.4 Å². The molecule has 1 heterocycles. The molecule has 2 rings (SSSR count). The lowest BCUT2D eigenvalue weighted by atomic mass is 10.1. The Labute approximate surface area is 119 Å². The minimum absolute atomic E-state index is 0.222. The van der Waals surface area contributed by atoms with E-state index in [1.54, 1.807) is 18.3 Å². The van der Waals surface area contributed by atoms with E-state index in [-0.39, 0.29) is 6.04 Å². The second-order valence-electron chi connectivity index (χ2n) is 4.90. The second-order valence-corrected chi connectivity index (χ2v) is 4.90. The van der Waals surface area contributed by atoms with Crippen molar-refractivity contribution in [2.75, 3.05) is 0 Å². The number of benzene rings is 1. The number of nitrogens with two attached hydrogens (primary N) is 1. The van der Waals surface area contributed by atoms with Gasteiger partial charge in [0.2, 0.25) is 5.91 Å². The van der Waals surface area contributed by atoms with Crippen LogP contribution in [0.15, 0.2) is 42.7 Å². The molecule has 0 saturated carbocycles. The van der Waals surface area contributed by atoms with Gasteiger partial charge in [-0.25, -0.2) is 0 Å². The fourth-order valence-electron chi connectivity index (χ4n) is 2.10. The van der Waals surface area contributed by atoms with Crippen LogP contribution in [0.1, 0.15) is 40.0 Å². The monoisotopic (exact) mass is 269 g/mol. The highest BCUT2D eigenvalue weighted by atomic mass is 16.1. The van der Waals surface area contributed by atoms with E-state index in [9.17, 15) is 4.79 Å². The second kappa shape index (κ2) is 6.30. The molecule has 1 aromatic carbocycles. The summed E-state index contributed by atoms with van der Waals surface area (Å²) in [6.45, 7) is 4.92. The van der Waals surface area contributed by atoms with Crippen molar-refractivity contribution >= 4 is 5.91 Å². The highest BCUT2D eigenvalue weighted by Crippen LogP contribution is 2.16. The number of rotatable bonds is 5. The molecule has 1 aromatic heterocycles. The molecular weight excluding hydrogens is 250 g/mol. The summed E-state index contributed by atoms with van der Waals surface area (Å²) in [5, 5.41) is 3.45. The normalized spacial score (nSPS) is 12.1. The zero-order valence-corrected chi connectivity index (χ0v) is 11.8. The van der Waals surface area contributed by atoms with Crippen LogP contribution in [0.4, 0.5) is 0 Å². The van der Waals surface area contributed by atoms with Gasteiger partial charge < -0.3 is 11.1 Å². The third-order valence-electron chi connectivity index (χ3n) is 3.40. The molecule has 104 valence electrons. The Morgan fingerprint density at radius 3 is 2.60 bits per heavy atom. The molecule has 1 unspecified atom stereocenters. The van der Waals surface area contributed by atoms with E-state index in [0.29, 0.717) is 5.56 Å². The fraction of sp³-hybridized carbons (Fsp3) is 0.250. The highest BCUT2D eigenvalue weighted by Gasteiger charge is 2.08. The molecule has 20 heavy (non-hydrogen) atoms. The predicted molar refractivity (Wildman–Crippen MR) is 79.2 cm³/mol. The van der Waals surface area contributed by atoms with Gasteiger partial charge in [-0.15, -0.1) is 0 Å². The molecule has 4 nitrogen and oxygen atoms in total. The van der Waals surface area contributed by atoms with Gasteiger partial charge in [-0.3, -0.25) is 9.78 Å². The number of pyridine rings is 1. The number of aromatic nitrogens is 1. The van der Waals surface area contributed by atoms with Crippen LogP contribution in [0, 0.1) is 6.92 Å². The highest BCUT2D eigenvalue weighted by molar-refractivity contribution is 5.92. The smallest absolute Gasteiger partial charge is 0.248 e. The average molecular weight is 269 g/mol. The first kappa shape index (κ1) is 14.2. The van der Waals surface area contributed by atoms with Gasteiger partial charge in [-0.05, 0) is 48.7 Å². The summed E-state index contributed by atoms with van der Waals surface area (Å²) in [4.78, 5) is 15.2. The predicted octanol–water partition coefficient (Wildman–Crippen LogP) is 2.34. The Kier molecular flexibility index (Phi) is 4.48. The SMILES string of the molecule is Cc1ccncc1C(C)NCc1ccc(C(N)=O)cc1. The van der Waals surface area contributed by atoms with E-state index in [2.05, 4.69) is 24.1 Å². The summed E-state index contributed by atoms with van der Waals surface area (Å²) < 4.78 is 0. The Bertz CT molecular complexity index is 593.